The molecule has 6 heteroatoms. The third kappa shape index (κ3) is 3.07. The van der Waals surface area contributed by atoms with Crippen LogP contribution in [0.15, 0.2) is 41.3 Å². The number of nitrogens with zero attached hydrogens (tertiary/aromatic N) is 2. The van der Waals surface area contributed by atoms with Crippen LogP contribution in [-0.4, -0.2) is 20.6 Å². The number of thioether (sulfide) groups is 1. The van der Waals surface area contributed by atoms with Crippen LogP contribution in [0.1, 0.15) is 17.0 Å². The van der Waals surface area contributed by atoms with Crippen molar-refractivity contribution >= 4 is 29.0 Å². The van der Waals surface area contributed by atoms with Crippen LogP contribution in [0.4, 0.5) is 9.18 Å². The summed E-state index contributed by atoms with van der Waals surface area (Å²) in [7, 11) is 1.91. The molecule has 4 nitrogen and oxygen atoms in total. The number of rotatable bonds is 3. The maximum atomic E-state index is 12.9. The summed E-state index contributed by atoms with van der Waals surface area (Å²) in [6.07, 6.45) is 1.72. The SMILES string of the molecule is Cc1ccc(/C=C2\SC(=O)N(Cc3ccc(F)cc3)C2=O)n1C. The van der Waals surface area contributed by atoms with Crippen LogP contribution < -0.4 is 0 Å². The molecule has 1 aromatic carbocycles. The Labute approximate surface area is 137 Å². The molecular formula is C17H15FN2O2S. The fraction of sp³-hybridized carbons (Fsp3) is 0.176. The zero-order valence-corrected chi connectivity index (χ0v) is 13.6. The van der Waals surface area contributed by atoms with Crippen molar-refractivity contribution in [3.8, 4) is 0 Å². The van der Waals surface area contributed by atoms with Gasteiger partial charge in [-0.2, -0.15) is 0 Å². The van der Waals surface area contributed by atoms with Crippen molar-refractivity contribution in [1.82, 2.24) is 9.47 Å². The lowest BCUT2D eigenvalue weighted by molar-refractivity contribution is -0.123. The predicted molar refractivity (Wildman–Crippen MR) is 88.1 cm³/mol. The molecule has 1 saturated heterocycles. The van der Waals surface area contributed by atoms with E-state index in [1.165, 1.54) is 17.0 Å². The highest BCUT2D eigenvalue weighted by atomic mass is 32.2. The predicted octanol–water partition coefficient (Wildman–Crippen LogP) is 3.71. The second kappa shape index (κ2) is 6.04. The third-order valence-electron chi connectivity index (χ3n) is 3.82. The highest BCUT2D eigenvalue weighted by molar-refractivity contribution is 8.18. The summed E-state index contributed by atoms with van der Waals surface area (Å²) in [6.45, 7) is 2.12. The van der Waals surface area contributed by atoms with E-state index in [4.69, 9.17) is 0 Å². The minimum Gasteiger partial charge on any atom is -0.348 e. The van der Waals surface area contributed by atoms with Gasteiger partial charge >= 0.3 is 0 Å². The summed E-state index contributed by atoms with van der Waals surface area (Å²) in [6, 6.07) is 9.64. The first kappa shape index (κ1) is 15.6. The first-order valence-corrected chi connectivity index (χ1v) is 7.89. The Hall–Kier alpha value is -2.34. The molecule has 0 aliphatic carbocycles. The molecule has 2 heterocycles. The molecular weight excluding hydrogens is 315 g/mol. The van der Waals surface area contributed by atoms with E-state index in [0.717, 1.165) is 23.1 Å². The number of aromatic nitrogens is 1. The average molecular weight is 330 g/mol. The van der Waals surface area contributed by atoms with Crippen molar-refractivity contribution in [1.29, 1.82) is 0 Å². The van der Waals surface area contributed by atoms with E-state index >= 15 is 0 Å². The summed E-state index contributed by atoms with van der Waals surface area (Å²) in [5.74, 6) is -0.662. The van der Waals surface area contributed by atoms with Gasteiger partial charge in [0.05, 0.1) is 11.4 Å². The summed E-state index contributed by atoms with van der Waals surface area (Å²) < 4.78 is 14.9. The maximum absolute atomic E-state index is 12.9. The van der Waals surface area contributed by atoms with Gasteiger partial charge in [0.25, 0.3) is 11.1 Å². The van der Waals surface area contributed by atoms with Gasteiger partial charge < -0.3 is 4.57 Å². The molecule has 0 N–H and O–H groups in total. The number of carbonyl (C=O) groups excluding carboxylic acids is 2. The van der Waals surface area contributed by atoms with Crippen molar-refractivity contribution in [3.63, 3.8) is 0 Å². The van der Waals surface area contributed by atoms with Gasteiger partial charge in [-0.1, -0.05) is 12.1 Å². The summed E-state index contributed by atoms with van der Waals surface area (Å²) in [5.41, 5.74) is 2.65. The zero-order chi connectivity index (χ0) is 16.6. The largest absolute Gasteiger partial charge is 0.348 e. The van der Waals surface area contributed by atoms with Crippen LogP contribution in [0.2, 0.25) is 0 Å². The van der Waals surface area contributed by atoms with E-state index in [1.54, 1.807) is 18.2 Å². The molecule has 1 aliphatic heterocycles. The maximum Gasteiger partial charge on any atom is 0.293 e. The van der Waals surface area contributed by atoms with Crippen LogP contribution in [0.3, 0.4) is 0 Å². The van der Waals surface area contributed by atoms with Crippen molar-refractivity contribution in [2.75, 3.05) is 0 Å². The van der Waals surface area contributed by atoms with Crippen LogP contribution in [0.5, 0.6) is 0 Å². The van der Waals surface area contributed by atoms with Crippen molar-refractivity contribution < 1.29 is 14.0 Å². The lowest BCUT2D eigenvalue weighted by atomic mass is 10.2. The second-order valence-corrected chi connectivity index (χ2v) is 6.35. The molecule has 1 fully saturated rings. The molecule has 3 rings (SSSR count). The van der Waals surface area contributed by atoms with Gasteiger partial charge in [-0.25, -0.2) is 4.39 Å². The van der Waals surface area contributed by atoms with E-state index in [9.17, 15) is 14.0 Å². The summed E-state index contributed by atoms with van der Waals surface area (Å²) in [5, 5.41) is -0.309. The van der Waals surface area contributed by atoms with Gasteiger partial charge in [-0.15, -0.1) is 0 Å². The Morgan fingerprint density at radius 3 is 2.43 bits per heavy atom. The highest BCUT2D eigenvalue weighted by Crippen LogP contribution is 2.33. The summed E-state index contributed by atoms with van der Waals surface area (Å²) in [4.78, 5) is 26.1. The molecule has 0 radical (unpaired) electrons. The first-order valence-electron chi connectivity index (χ1n) is 7.08. The summed E-state index contributed by atoms with van der Waals surface area (Å²) >= 11 is 0.928. The molecule has 2 aromatic rings. The van der Waals surface area contributed by atoms with Gasteiger partial charge in [-0.3, -0.25) is 14.5 Å². The molecule has 0 atom stereocenters. The highest BCUT2D eigenvalue weighted by Gasteiger charge is 2.35. The molecule has 1 aromatic heterocycles. The van der Waals surface area contributed by atoms with Crippen LogP contribution in [0.25, 0.3) is 6.08 Å². The van der Waals surface area contributed by atoms with Crippen LogP contribution in [0, 0.1) is 12.7 Å². The molecule has 0 bridgehead atoms. The fourth-order valence-corrected chi connectivity index (χ4v) is 3.14. The Balaban J connectivity index is 1.82. The lowest BCUT2D eigenvalue weighted by Gasteiger charge is -2.12. The number of hydrogen-bond donors (Lipinski definition) is 0. The third-order valence-corrected chi connectivity index (χ3v) is 4.73. The Morgan fingerprint density at radius 2 is 1.83 bits per heavy atom. The van der Waals surface area contributed by atoms with Crippen molar-refractivity contribution in [2.45, 2.75) is 13.5 Å². The lowest BCUT2D eigenvalue weighted by Crippen LogP contribution is -2.27. The Morgan fingerprint density at radius 1 is 1.13 bits per heavy atom. The van der Waals surface area contributed by atoms with Crippen molar-refractivity contribution in [3.05, 3.63) is 64.1 Å². The standard InChI is InChI=1S/C17H15FN2O2S/c1-11-3-8-14(19(11)2)9-15-16(21)20(17(22)23-15)10-12-4-6-13(18)7-5-12/h3-9H,10H2,1-2H3/b15-9-. The molecule has 0 unspecified atom stereocenters. The Bertz CT molecular complexity index is 809. The van der Waals surface area contributed by atoms with Gasteiger partial charge in [0, 0.05) is 18.4 Å². The molecule has 1 aliphatic rings. The number of halogens is 1. The smallest absolute Gasteiger partial charge is 0.293 e. The zero-order valence-electron chi connectivity index (χ0n) is 12.7. The van der Waals surface area contributed by atoms with E-state index in [2.05, 4.69) is 0 Å². The van der Waals surface area contributed by atoms with Gasteiger partial charge in [0.2, 0.25) is 0 Å². The van der Waals surface area contributed by atoms with Gasteiger partial charge in [0.15, 0.2) is 0 Å². The quantitative estimate of drug-likeness (QED) is 0.806. The van der Waals surface area contributed by atoms with Crippen LogP contribution in [-0.2, 0) is 18.4 Å². The number of aryl methyl sites for hydroxylation is 1. The average Bonchev–Trinajstić information content (AvgIpc) is 2.97. The monoisotopic (exact) mass is 330 g/mol. The normalized spacial score (nSPS) is 16.7. The second-order valence-electron chi connectivity index (χ2n) is 5.35. The van der Waals surface area contributed by atoms with Crippen molar-refractivity contribution in [2.24, 2.45) is 7.05 Å². The number of carbonyl (C=O) groups is 2. The van der Waals surface area contributed by atoms with Gasteiger partial charge in [0.1, 0.15) is 5.82 Å². The minimum absolute atomic E-state index is 0.147. The fourth-order valence-electron chi connectivity index (χ4n) is 2.32. The number of hydrogen-bond acceptors (Lipinski definition) is 3. The van der Waals surface area contributed by atoms with E-state index in [1.807, 2.05) is 30.7 Å². The Kier molecular flexibility index (Phi) is 4.09. The molecule has 0 spiro atoms. The van der Waals surface area contributed by atoms with E-state index in [0.29, 0.717) is 10.5 Å². The first-order chi connectivity index (χ1) is 11.0. The number of amides is 2. The molecule has 0 saturated carbocycles. The topological polar surface area (TPSA) is 42.3 Å². The molecule has 23 heavy (non-hydrogen) atoms. The molecule has 2 amide bonds. The number of imide groups is 1. The van der Waals surface area contributed by atoms with Gasteiger partial charge in [-0.05, 0) is 54.6 Å². The van der Waals surface area contributed by atoms with E-state index in [-0.39, 0.29) is 23.5 Å². The van der Waals surface area contributed by atoms with E-state index < -0.39 is 0 Å². The number of benzene rings is 1. The van der Waals surface area contributed by atoms with Crippen LogP contribution >= 0.6 is 11.8 Å². The minimum atomic E-state index is -0.345. The molecule has 118 valence electrons.